The third kappa shape index (κ3) is 3.12. The molecule has 2 rings (SSSR count). The van der Waals surface area contributed by atoms with Crippen LogP contribution in [0.2, 0.25) is 0 Å². The van der Waals surface area contributed by atoms with Gasteiger partial charge in [-0.15, -0.1) is 0 Å². The molecule has 1 N–H and O–H groups in total. The van der Waals surface area contributed by atoms with E-state index >= 15 is 0 Å². The molecule has 0 amide bonds. The fourth-order valence-electron chi connectivity index (χ4n) is 2.24. The van der Waals surface area contributed by atoms with Gasteiger partial charge in [0, 0.05) is 6.04 Å². The molecule has 17 heavy (non-hydrogen) atoms. The average molecular weight is 236 g/mol. The Morgan fingerprint density at radius 1 is 1.41 bits per heavy atom. The van der Waals surface area contributed by atoms with Crippen LogP contribution in [0, 0.1) is 16.0 Å². The number of nitro groups is 1. The fourth-order valence-corrected chi connectivity index (χ4v) is 2.24. The topological polar surface area (TPSA) is 81.0 Å². The lowest BCUT2D eigenvalue weighted by atomic mass is 9.87. The van der Waals surface area contributed by atoms with E-state index in [0.717, 1.165) is 18.8 Å². The monoisotopic (exact) mass is 236 g/mol. The van der Waals surface area contributed by atoms with Crippen LogP contribution in [0.1, 0.15) is 32.6 Å². The molecule has 1 aromatic rings. The molecule has 92 valence electrons. The van der Waals surface area contributed by atoms with E-state index in [4.69, 9.17) is 0 Å². The number of rotatable bonds is 3. The predicted octanol–water partition coefficient (Wildman–Crippen LogP) is 2.38. The van der Waals surface area contributed by atoms with Crippen molar-refractivity contribution in [3.8, 4) is 0 Å². The molecule has 1 aliphatic carbocycles. The van der Waals surface area contributed by atoms with Crippen LogP contribution in [-0.2, 0) is 0 Å². The van der Waals surface area contributed by atoms with Gasteiger partial charge in [0.15, 0.2) is 0 Å². The van der Waals surface area contributed by atoms with E-state index in [1.165, 1.54) is 25.2 Å². The van der Waals surface area contributed by atoms with Crippen LogP contribution in [0.5, 0.6) is 0 Å². The van der Waals surface area contributed by atoms with Crippen molar-refractivity contribution in [1.29, 1.82) is 0 Å². The Kier molecular flexibility index (Phi) is 3.51. The van der Waals surface area contributed by atoms with E-state index in [1.54, 1.807) is 0 Å². The summed E-state index contributed by atoms with van der Waals surface area (Å²) in [6, 6.07) is 0.389. The van der Waals surface area contributed by atoms with Gasteiger partial charge in [0.05, 0.1) is 4.92 Å². The van der Waals surface area contributed by atoms with Crippen LogP contribution >= 0.6 is 0 Å². The highest BCUT2D eigenvalue weighted by Gasteiger charge is 2.19. The van der Waals surface area contributed by atoms with Crippen molar-refractivity contribution in [1.82, 2.24) is 9.97 Å². The van der Waals surface area contributed by atoms with Crippen LogP contribution in [0.4, 0.5) is 11.6 Å². The molecule has 0 radical (unpaired) electrons. The maximum absolute atomic E-state index is 10.5. The molecular formula is C11H16N4O2. The molecule has 6 nitrogen and oxygen atoms in total. The van der Waals surface area contributed by atoms with Gasteiger partial charge in [0.2, 0.25) is 5.95 Å². The second kappa shape index (κ2) is 5.07. The van der Waals surface area contributed by atoms with Gasteiger partial charge < -0.3 is 5.32 Å². The first kappa shape index (κ1) is 11.8. The Labute approximate surface area is 99.6 Å². The largest absolute Gasteiger partial charge is 0.351 e. The number of aromatic nitrogens is 2. The SMILES string of the molecule is CC1CCCC(Nc2ncc([N+](=O)[O-])cn2)C1. The molecule has 1 aromatic heterocycles. The van der Waals surface area contributed by atoms with E-state index in [0.29, 0.717) is 12.0 Å². The molecule has 1 heterocycles. The Hall–Kier alpha value is -1.72. The van der Waals surface area contributed by atoms with E-state index in [9.17, 15) is 10.1 Å². The number of nitrogens with one attached hydrogen (secondary N) is 1. The summed E-state index contributed by atoms with van der Waals surface area (Å²) in [5, 5.41) is 13.7. The minimum atomic E-state index is -0.494. The van der Waals surface area contributed by atoms with Crippen molar-refractivity contribution in [3.05, 3.63) is 22.5 Å². The van der Waals surface area contributed by atoms with Crippen LogP contribution in [0.15, 0.2) is 12.4 Å². The molecule has 6 heteroatoms. The molecule has 0 aliphatic heterocycles. The summed E-state index contributed by atoms with van der Waals surface area (Å²) in [7, 11) is 0. The first-order valence-corrected chi connectivity index (χ1v) is 5.88. The van der Waals surface area contributed by atoms with Crippen molar-refractivity contribution in [2.75, 3.05) is 5.32 Å². The van der Waals surface area contributed by atoms with Gasteiger partial charge in [-0.1, -0.05) is 19.8 Å². The quantitative estimate of drug-likeness (QED) is 0.643. The zero-order valence-corrected chi connectivity index (χ0v) is 9.80. The van der Waals surface area contributed by atoms with Crippen molar-refractivity contribution in [2.45, 2.75) is 38.6 Å². The summed E-state index contributed by atoms with van der Waals surface area (Å²) >= 11 is 0. The molecule has 0 bridgehead atoms. The molecule has 2 atom stereocenters. The van der Waals surface area contributed by atoms with Gasteiger partial charge in [-0.2, -0.15) is 0 Å². The summed E-state index contributed by atoms with van der Waals surface area (Å²) < 4.78 is 0. The minimum Gasteiger partial charge on any atom is -0.351 e. The Balaban J connectivity index is 1.96. The first-order chi connectivity index (χ1) is 8.15. The van der Waals surface area contributed by atoms with Gasteiger partial charge in [-0.25, -0.2) is 9.97 Å². The highest BCUT2D eigenvalue weighted by molar-refractivity contribution is 5.31. The summed E-state index contributed by atoms with van der Waals surface area (Å²) in [4.78, 5) is 17.9. The number of hydrogen-bond donors (Lipinski definition) is 1. The van der Waals surface area contributed by atoms with E-state index in [1.807, 2.05) is 0 Å². The summed E-state index contributed by atoms with van der Waals surface area (Å²) in [5.41, 5.74) is -0.0763. The smallest absolute Gasteiger partial charge is 0.305 e. The Morgan fingerprint density at radius 2 is 2.12 bits per heavy atom. The lowest BCUT2D eigenvalue weighted by molar-refractivity contribution is -0.385. The van der Waals surface area contributed by atoms with Crippen LogP contribution in [-0.4, -0.2) is 20.9 Å². The van der Waals surface area contributed by atoms with Gasteiger partial charge in [-0.05, 0) is 18.8 Å². The second-order valence-corrected chi connectivity index (χ2v) is 4.64. The molecule has 1 aliphatic rings. The third-order valence-electron chi connectivity index (χ3n) is 3.12. The second-order valence-electron chi connectivity index (χ2n) is 4.64. The maximum atomic E-state index is 10.5. The highest BCUT2D eigenvalue weighted by Crippen LogP contribution is 2.25. The van der Waals surface area contributed by atoms with Gasteiger partial charge in [0.1, 0.15) is 12.4 Å². The van der Waals surface area contributed by atoms with E-state index < -0.39 is 4.92 Å². The molecule has 0 spiro atoms. The molecule has 1 saturated carbocycles. The lowest BCUT2D eigenvalue weighted by Gasteiger charge is -2.27. The lowest BCUT2D eigenvalue weighted by Crippen LogP contribution is -2.27. The van der Waals surface area contributed by atoms with Gasteiger partial charge >= 0.3 is 5.69 Å². The molecule has 0 aromatic carbocycles. The molecule has 2 unspecified atom stereocenters. The minimum absolute atomic E-state index is 0.0763. The highest BCUT2D eigenvalue weighted by atomic mass is 16.6. The number of hydrogen-bond acceptors (Lipinski definition) is 5. The number of anilines is 1. The van der Waals surface area contributed by atoms with Crippen molar-refractivity contribution >= 4 is 11.6 Å². The standard InChI is InChI=1S/C11H16N4O2/c1-8-3-2-4-9(5-8)14-11-12-6-10(7-13-11)15(16)17/h6-9H,2-5H2,1H3,(H,12,13,14). The van der Waals surface area contributed by atoms with Crippen molar-refractivity contribution < 1.29 is 4.92 Å². The van der Waals surface area contributed by atoms with Crippen LogP contribution in [0.3, 0.4) is 0 Å². The average Bonchev–Trinajstić information content (AvgIpc) is 2.29. The van der Waals surface area contributed by atoms with Gasteiger partial charge in [0.25, 0.3) is 0 Å². The molecule has 1 fully saturated rings. The first-order valence-electron chi connectivity index (χ1n) is 5.88. The van der Waals surface area contributed by atoms with Gasteiger partial charge in [-0.3, -0.25) is 10.1 Å². The zero-order chi connectivity index (χ0) is 12.3. The Morgan fingerprint density at radius 3 is 2.71 bits per heavy atom. The number of nitrogens with zero attached hydrogens (tertiary/aromatic N) is 3. The third-order valence-corrected chi connectivity index (χ3v) is 3.12. The zero-order valence-electron chi connectivity index (χ0n) is 9.80. The van der Waals surface area contributed by atoms with Crippen LogP contribution in [0.25, 0.3) is 0 Å². The van der Waals surface area contributed by atoms with Crippen molar-refractivity contribution in [2.24, 2.45) is 5.92 Å². The van der Waals surface area contributed by atoms with E-state index in [-0.39, 0.29) is 5.69 Å². The maximum Gasteiger partial charge on any atom is 0.305 e. The van der Waals surface area contributed by atoms with Crippen LogP contribution < -0.4 is 5.32 Å². The summed E-state index contributed by atoms with van der Waals surface area (Å²) in [6.45, 7) is 2.24. The molecule has 0 saturated heterocycles. The van der Waals surface area contributed by atoms with E-state index in [2.05, 4.69) is 22.2 Å². The summed E-state index contributed by atoms with van der Waals surface area (Å²) in [6.07, 6.45) is 7.19. The fraction of sp³-hybridized carbons (Fsp3) is 0.636. The molecular weight excluding hydrogens is 220 g/mol. The Bertz CT molecular complexity index is 393. The van der Waals surface area contributed by atoms with Crippen molar-refractivity contribution in [3.63, 3.8) is 0 Å². The normalized spacial score (nSPS) is 24.3. The predicted molar refractivity (Wildman–Crippen MR) is 63.7 cm³/mol. The summed E-state index contributed by atoms with van der Waals surface area (Å²) in [5.74, 6) is 1.20.